The number of nitro groups is 1. The Balaban J connectivity index is 2.17. The summed E-state index contributed by atoms with van der Waals surface area (Å²) in [6.07, 6.45) is 3.32. The first kappa shape index (κ1) is 18.0. The SMILES string of the molecule is CSc1ccc(/C=N\NS(=O)(=O)c2ccc(C)c([N+](=O)[O-])c2)cc1. The predicted molar refractivity (Wildman–Crippen MR) is 94.0 cm³/mol. The third-order valence-corrected chi connectivity index (χ3v) is 5.15. The Labute approximate surface area is 144 Å². The first-order valence-corrected chi connectivity index (χ1v) is 9.48. The summed E-state index contributed by atoms with van der Waals surface area (Å²) in [6, 6.07) is 11.1. The zero-order valence-corrected chi connectivity index (χ0v) is 14.6. The van der Waals surface area contributed by atoms with Crippen molar-refractivity contribution in [2.75, 3.05) is 6.26 Å². The zero-order chi connectivity index (χ0) is 17.7. The molecule has 0 aromatic heterocycles. The third-order valence-electron chi connectivity index (χ3n) is 3.19. The fourth-order valence-electron chi connectivity index (χ4n) is 1.87. The topological polar surface area (TPSA) is 102 Å². The first-order chi connectivity index (χ1) is 11.3. The zero-order valence-electron chi connectivity index (χ0n) is 13.0. The van der Waals surface area contributed by atoms with Gasteiger partial charge in [0, 0.05) is 16.5 Å². The summed E-state index contributed by atoms with van der Waals surface area (Å²) in [5, 5.41) is 14.6. The third kappa shape index (κ3) is 4.33. The minimum Gasteiger partial charge on any atom is -0.258 e. The molecule has 0 unspecified atom stereocenters. The molecule has 2 rings (SSSR count). The Hall–Kier alpha value is -2.39. The highest BCUT2D eigenvalue weighted by Gasteiger charge is 2.19. The minimum absolute atomic E-state index is 0.213. The van der Waals surface area contributed by atoms with Crippen LogP contribution in [0.15, 0.2) is 57.4 Å². The highest BCUT2D eigenvalue weighted by molar-refractivity contribution is 7.98. The van der Waals surface area contributed by atoms with Crippen LogP contribution < -0.4 is 4.83 Å². The predicted octanol–water partition coefficient (Wildman–Crippen LogP) is 2.94. The molecule has 24 heavy (non-hydrogen) atoms. The summed E-state index contributed by atoms with van der Waals surface area (Å²) >= 11 is 1.60. The molecular formula is C15H15N3O4S2. The Morgan fingerprint density at radius 2 is 1.88 bits per heavy atom. The van der Waals surface area contributed by atoms with Crippen molar-refractivity contribution < 1.29 is 13.3 Å². The van der Waals surface area contributed by atoms with Gasteiger partial charge in [-0.15, -0.1) is 11.8 Å². The summed E-state index contributed by atoms with van der Waals surface area (Å²) in [5.41, 5.74) is 0.858. The summed E-state index contributed by atoms with van der Waals surface area (Å²) in [5.74, 6) is 0. The molecular weight excluding hydrogens is 350 g/mol. The molecule has 0 bridgehead atoms. The van der Waals surface area contributed by atoms with E-state index in [0.29, 0.717) is 5.56 Å². The van der Waals surface area contributed by atoms with Crippen LogP contribution in [0.1, 0.15) is 11.1 Å². The van der Waals surface area contributed by atoms with Crippen LogP contribution in [0.2, 0.25) is 0 Å². The van der Waals surface area contributed by atoms with Gasteiger partial charge >= 0.3 is 0 Å². The van der Waals surface area contributed by atoms with Gasteiger partial charge in [-0.25, -0.2) is 4.83 Å². The normalized spacial score (nSPS) is 11.6. The number of hydrogen-bond acceptors (Lipinski definition) is 6. The molecule has 2 aromatic rings. The molecule has 0 amide bonds. The molecule has 9 heteroatoms. The number of nitro benzene ring substituents is 1. The second-order valence-electron chi connectivity index (χ2n) is 4.83. The molecule has 0 radical (unpaired) electrons. The second-order valence-corrected chi connectivity index (χ2v) is 7.37. The Kier molecular flexibility index (Phi) is 5.58. The lowest BCUT2D eigenvalue weighted by atomic mass is 10.2. The molecule has 0 fully saturated rings. The van der Waals surface area contributed by atoms with Crippen molar-refractivity contribution in [3.63, 3.8) is 0 Å². The van der Waals surface area contributed by atoms with E-state index in [4.69, 9.17) is 0 Å². The van der Waals surface area contributed by atoms with Crippen LogP contribution in [-0.2, 0) is 10.0 Å². The Morgan fingerprint density at radius 1 is 1.21 bits per heavy atom. The Bertz CT molecular complexity index is 878. The van der Waals surface area contributed by atoms with Crippen LogP contribution in [0.4, 0.5) is 5.69 Å². The van der Waals surface area contributed by atoms with Gasteiger partial charge in [-0.2, -0.15) is 13.5 Å². The molecule has 0 saturated heterocycles. The van der Waals surface area contributed by atoms with E-state index in [1.807, 2.05) is 18.4 Å². The van der Waals surface area contributed by atoms with E-state index in [1.54, 1.807) is 30.8 Å². The summed E-state index contributed by atoms with van der Waals surface area (Å²) in [6.45, 7) is 1.54. The Morgan fingerprint density at radius 3 is 2.46 bits per heavy atom. The molecule has 0 aliphatic carbocycles. The number of hydrazone groups is 1. The van der Waals surface area contributed by atoms with Gasteiger partial charge in [0.1, 0.15) is 0 Å². The highest BCUT2D eigenvalue weighted by Crippen LogP contribution is 2.22. The summed E-state index contributed by atoms with van der Waals surface area (Å²) in [4.78, 5) is 13.2. The summed E-state index contributed by atoms with van der Waals surface area (Å²) < 4.78 is 24.3. The quantitative estimate of drug-likeness (QED) is 0.367. The maximum atomic E-state index is 12.2. The lowest BCUT2D eigenvalue weighted by molar-refractivity contribution is -0.385. The second kappa shape index (κ2) is 7.45. The van der Waals surface area contributed by atoms with Crippen LogP contribution in [0.3, 0.4) is 0 Å². The highest BCUT2D eigenvalue weighted by atomic mass is 32.2. The first-order valence-electron chi connectivity index (χ1n) is 6.77. The number of rotatable bonds is 6. The lowest BCUT2D eigenvalue weighted by Gasteiger charge is -2.04. The number of benzene rings is 2. The molecule has 1 N–H and O–H groups in total. The van der Waals surface area contributed by atoms with Crippen LogP contribution in [-0.4, -0.2) is 25.8 Å². The van der Waals surface area contributed by atoms with E-state index in [1.165, 1.54) is 18.3 Å². The van der Waals surface area contributed by atoms with E-state index in [0.717, 1.165) is 16.5 Å². The van der Waals surface area contributed by atoms with E-state index in [2.05, 4.69) is 9.93 Å². The van der Waals surface area contributed by atoms with Crippen LogP contribution in [0, 0.1) is 17.0 Å². The van der Waals surface area contributed by atoms with Gasteiger partial charge in [0.05, 0.1) is 16.0 Å². The van der Waals surface area contributed by atoms with Gasteiger partial charge < -0.3 is 0 Å². The average Bonchev–Trinajstić information content (AvgIpc) is 2.55. The maximum Gasteiger partial charge on any atom is 0.276 e. The van der Waals surface area contributed by atoms with Crippen molar-refractivity contribution in [1.29, 1.82) is 0 Å². The van der Waals surface area contributed by atoms with Crippen molar-refractivity contribution in [3.05, 3.63) is 63.7 Å². The molecule has 7 nitrogen and oxygen atoms in total. The maximum absolute atomic E-state index is 12.2. The fourth-order valence-corrected chi connectivity index (χ4v) is 3.09. The van der Waals surface area contributed by atoms with Crippen molar-refractivity contribution in [2.45, 2.75) is 16.7 Å². The van der Waals surface area contributed by atoms with E-state index in [9.17, 15) is 18.5 Å². The number of nitrogens with one attached hydrogen (secondary N) is 1. The minimum atomic E-state index is -3.97. The van der Waals surface area contributed by atoms with E-state index in [-0.39, 0.29) is 10.6 Å². The number of sulfonamides is 1. The van der Waals surface area contributed by atoms with Crippen LogP contribution in [0.5, 0.6) is 0 Å². The standard InChI is InChI=1S/C15H15N3O4S2/c1-11-3-8-14(9-15(11)18(19)20)24(21,22)17-16-10-12-4-6-13(23-2)7-5-12/h3-10,17H,1-2H3/b16-10-. The molecule has 0 spiro atoms. The fraction of sp³-hybridized carbons (Fsp3) is 0.133. The van der Waals surface area contributed by atoms with Crippen molar-refractivity contribution in [3.8, 4) is 0 Å². The molecule has 0 atom stereocenters. The molecule has 0 saturated carbocycles. The smallest absolute Gasteiger partial charge is 0.258 e. The van der Waals surface area contributed by atoms with Gasteiger partial charge in [0.25, 0.3) is 15.7 Å². The molecule has 0 aliphatic heterocycles. The van der Waals surface area contributed by atoms with Gasteiger partial charge in [-0.3, -0.25) is 10.1 Å². The number of aryl methyl sites for hydroxylation is 1. The van der Waals surface area contributed by atoms with Crippen molar-refractivity contribution in [1.82, 2.24) is 4.83 Å². The van der Waals surface area contributed by atoms with Crippen molar-refractivity contribution in [2.24, 2.45) is 5.10 Å². The van der Waals surface area contributed by atoms with Gasteiger partial charge in [0.15, 0.2) is 0 Å². The largest absolute Gasteiger partial charge is 0.276 e. The molecule has 2 aromatic carbocycles. The van der Waals surface area contributed by atoms with Gasteiger partial charge in [0.2, 0.25) is 0 Å². The number of nitrogens with zero attached hydrogens (tertiary/aromatic N) is 2. The lowest BCUT2D eigenvalue weighted by Crippen LogP contribution is -2.18. The summed E-state index contributed by atoms with van der Waals surface area (Å²) in [7, 11) is -3.97. The number of thioether (sulfide) groups is 1. The molecule has 0 aliphatic rings. The van der Waals surface area contributed by atoms with E-state index < -0.39 is 14.9 Å². The van der Waals surface area contributed by atoms with Crippen LogP contribution in [0.25, 0.3) is 0 Å². The monoisotopic (exact) mass is 365 g/mol. The molecule has 126 valence electrons. The van der Waals surface area contributed by atoms with Crippen LogP contribution >= 0.6 is 11.8 Å². The van der Waals surface area contributed by atoms with Crippen molar-refractivity contribution >= 4 is 33.7 Å². The number of hydrogen-bond donors (Lipinski definition) is 1. The van der Waals surface area contributed by atoms with E-state index >= 15 is 0 Å². The van der Waals surface area contributed by atoms with Gasteiger partial charge in [-0.1, -0.05) is 18.2 Å². The average molecular weight is 365 g/mol. The molecule has 0 heterocycles. The van der Waals surface area contributed by atoms with Gasteiger partial charge in [-0.05, 0) is 36.9 Å².